The van der Waals surface area contributed by atoms with Crippen LogP contribution in [0.3, 0.4) is 0 Å². The van der Waals surface area contributed by atoms with E-state index in [1.54, 1.807) is 0 Å². The smallest absolute Gasteiger partial charge is 0.358 e. The first kappa shape index (κ1) is 34.6. The van der Waals surface area contributed by atoms with Gasteiger partial charge in [-0.3, -0.25) is 0 Å². The summed E-state index contributed by atoms with van der Waals surface area (Å²) in [5.74, 6) is 0.584. The van der Waals surface area contributed by atoms with Crippen LogP contribution >= 0.6 is 17.0 Å². The molecule has 0 aromatic heterocycles. The van der Waals surface area contributed by atoms with Gasteiger partial charge < -0.3 is 14.9 Å². The van der Waals surface area contributed by atoms with Crippen LogP contribution in [-0.4, -0.2) is 4.21 Å². The van der Waals surface area contributed by atoms with E-state index in [1.165, 1.54) is 60.5 Å². The Morgan fingerprint density at radius 1 is 0.659 bits per heavy atom. The topological polar surface area (TPSA) is 0 Å². The number of hydrogen-bond acceptors (Lipinski definition) is 0. The molecule has 0 unspecified atom stereocenters. The molecule has 214 valence electrons. The maximum Gasteiger partial charge on any atom is -0.358 e. The Bertz CT molecular complexity index is 1670. The minimum Gasteiger partial charge on any atom is -0.358 e. The van der Waals surface area contributed by atoms with Crippen LogP contribution < -0.4 is 0 Å². The fraction of sp³-hybridized carbons (Fsp3) is 0.132. The third-order valence-electron chi connectivity index (χ3n) is 6.86. The Balaban J connectivity index is 0.000000244. The molecule has 0 aliphatic rings. The summed E-state index contributed by atoms with van der Waals surface area (Å²) in [6.45, 7) is 8.83. The van der Waals surface area contributed by atoms with Crippen LogP contribution in [-0.2, 0) is 18.9 Å². The maximum atomic E-state index is 5.13. The Morgan fingerprint density at radius 3 is 1.73 bits per heavy atom. The van der Waals surface area contributed by atoms with Gasteiger partial charge in [-0.15, -0.1) is 68.6 Å². The van der Waals surface area contributed by atoms with Crippen molar-refractivity contribution in [2.24, 2.45) is 0 Å². The molecule has 0 N–H and O–H groups in total. The molecule has 0 bridgehead atoms. The maximum absolute atomic E-state index is 5.13. The first-order valence-electron chi connectivity index (χ1n) is 13.2. The van der Waals surface area contributed by atoms with E-state index in [0.29, 0.717) is 5.92 Å². The van der Waals surface area contributed by atoms with Crippen LogP contribution in [0.1, 0.15) is 36.5 Å². The Hall–Kier alpha value is -2.57. The van der Waals surface area contributed by atoms with Gasteiger partial charge in [0.25, 0.3) is 0 Å². The van der Waals surface area contributed by atoms with Gasteiger partial charge in [-0.25, -0.2) is 0 Å². The Morgan fingerprint density at radius 2 is 1.20 bits per heavy atom. The second kappa shape index (κ2) is 16.2. The summed E-state index contributed by atoms with van der Waals surface area (Å²) in [6, 6.07) is 41.4. The number of rotatable bonds is 3. The predicted molar refractivity (Wildman–Crippen MR) is 185 cm³/mol. The van der Waals surface area contributed by atoms with Gasteiger partial charge in [0.15, 0.2) is 0 Å². The van der Waals surface area contributed by atoms with Crippen molar-refractivity contribution in [3.63, 3.8) is 0 Å². The van der Waals surface area contributed by atoms with Crippen molar-refractivity contribution in [2.75, 3.05) is 0 Å². The van der Waals surface area contributed by atoms with Crippen LogP contribution in [0.5, 0.6) is 0 Å². The normalized spacial score (nSPS) is 10.1. The van der Waals surface area contributed by atoms with E-state index >= 15 is 0 Å². The van der Waals surface area contributed by atoms with E-state index in [2.05, 4.69) is 147 Å². The molecule has 6 aromatic rings. The minimum atomic E-state index is -1.85. The number of fused-ring (bicyclic) bond motifs is 2. The second-order valence-electron chi connectivity index (χ2n) is 10.1. The quantitative estimate of drug-likeness (QED) is 0.166. The van der Waals surface area contributed by atoms with Crippen molar-refractivity contribution in [2.45, 2.75) is 33.6 Å². The van der Waals surface area contributed by atoms with Crippen molar-refractivity contribution >= 4 is 42.8 Å². The molecule has 41 heavy (non-hydrogen) atoms. The molecule has 0 aliphatic heterocycles. The molecule has 0 aliphatic carbocycles. The molecular formula is C38H40Cl2Zr-4. The molecule has 0 fully saturated rings. The van der Waals surface area contributed by atoms with Crippen LogP contribution in [0.4, 0.5) is 0 Å². The first-order chi connectivity index (χ1) is 18.7. The van der Waals surface area contributed by atoms with Gasteiger partial charge in [-0.1, -0.05) is 112 Å². The number of halogens is 2. The zero-order valence-corrected chi connectivity index (χ0v) is 29.0. The average molecular weight is 659 g/mol. The van der Waals surface area contributed by atoms with E-state index in [-0.39, 0.29) is 14.9 Å². The van der Waals surface area contributed by atoms with Crippen LogP contribution in [0.2, 0.25) is 0 Å². The fourth-order valence-corrected chi connectivity index (χ4v) is 4.92. The molecule has 6 aromatic carbocycles. The molecule has 0 spiro atoms. The summed E-state index contributed by atoms with van der Waals surface area (Å²) in [6.07, 6.45) is 0. The van der Waals surface area contributed by atoms with Crippen molar-refractivity contribution in [1.82, 2.24) is 0 Å². The second-order valence-corrected chi connectivity index (χ2v) is 18.3. The van der Waals surface area contributed by atoms with Gasteiger partial charge in [0.1, 0.15) is 0 Å². The van der Waals surface area contributed by atoms with E-state index in [4.69, 9.17) is 17.0 Å². The molecule has 0 radical (unpaired) electrons. The van der Waals surface area contributed by atoms with Crippen molar-refractivity contribution in [3.8, 4) is 22.3 Å². The zero-order valence-electron chi connectivity index (χ0n) is 25.0. The van der Waals surface area contributed by atoms with Gasteiger partial charge in [0.05, 0.1) is 0 Å². The predicted octanol–water partition coefficient (Wildman–Crippen LogP) is 12.4. The van der Waals surface area contributed by atoms with Crippen LogP contribution in [0.25, 0.3) is 43.8 Å². The molecular weight excluding hydrogens is 619 g/mol. The standard InChI is InChI=1S/C18H17.C17H15.2CH3.CH2.2ClH.Zr/c1-13(2)16-11-15-9-6-10-17(18(15)12-16)14-7-4-3-5-8-14;1-12-10-16-13(2)8-9-15(17(16)11-12)14-6-4-3-5-7-14;;;;;;/h3-13H,1-2H3;3-11H,1-2H3;2*1H3;1H2;2*1H;/q4*-1;;;;+2/p-2. The molecule has 0 saturated carbocycles. The van der Waals surface area contributed by atoms with Crippen molar-refractivity contribution in [3.05, 3.63) is 147 Å². The summed E-state index contributed by atoms with van der Waals surface area (Å²) in [4.78, 5) is 0. The Kier molecular flexibility index (Phi) is 13.7. The van der Waals surface area contributed by atoms with Gasteiger partial charge in [-0.2, -0.15) is 12.1 Å². The SMILES string of the molecule is CC(C)c1cc2c(-c3ccccc3)cccc2[cH-]1.Cc1cc2c(-c3ccccc3)ccc(C)c2[cH-]1.[CH2]=[Zr]([Cl])[Cl].[CH3-].[CH3-]. The summed E-state index contributed by atoms with van der Waals surface area (Å²) in [7, 11) is 10.3. The molecule has 0 saturated heterocycles. The summed E-state index contributed by atoms with van der Waals surface area (Å²) in [5, 5.41) is 5.46. The van der Waals surface area contributed by atoms with Crippen LogP contribution in [0, 0.1) is 28.7 Å². The third kappa shape index (κ3) is 8.96. The van der Waals surface area contributed by atoms with Gasteiger partial charge in [0, 0.05) is 0 Å². The molecule has 0 nitrogen and oxygen atoms in total. The Labute approximate surface area is 262 Å². The number of benzene rings is 4. The summed E-state index contributed by atoms with van der Waals surface area (Å²) in [5.41, 5.74) is 9.37. The summed E-state index contributed by atoms with van der Waals surface area (Å²) < 4.78 is 3.37. The van der Waals surface area contributed by atoms with Crippen molar-refractivity contribution in [1.29, 1.82) is 0 Å². The van der Waals surface area contributed by atoms with E-state index < -0.39 is 18.9 Å². The average Bonchev–Trinajstić information content (AvgIpc) is 3.54. The summed E-state index contributed by atoms with van der Waals surface area (Å²) >= 11 is -1.85. The van der Waals surface area contributed by atoms with Crippen molar-refractivity contribution < 1.29 is 18.9 Å². The molecule has 0 atom stereocenters. The molecule has 0 amide bonds. The molecule has 6 rings (SSSR count). The van der Waals surface area contributed by atoms with Crippen LogP contribution in [0.15, 0.2) is 115 Å². The van der Waals surface area contributed by atoms with E-state index in [1.807, 2.05) is 0 Å². The van der Waals surface area contributed by atoms with Gasteiger partial charge in [-0.05, 0) is 17.0 Å². The fourth-order valence-electron chi connectivity index (χ4n) is 4.92. The first-order valence-corrected chi connectivity index (χ1v) is 21.3. The number of aryl methyl sites for hydroxylation is 2. The van der Waals surface area contributed by atoms with E-state index in [0.717, 1.165) is 0 Å². The van der Waals surface area contributed by atoms with Gasteiger partial charge >= 0.3 is 40.1 Å². The number of hydrogen-bond donors (Lipinski definition) is 0. The largest absolute Gasteiger partial charge is 0.358 e. The minimum absolute atomic E-state index is 0. The zero-order chi connectivity index (χ0) is 27.9. The third-order valence-corrected chi connectivity index (χ3v) is 6.86. The van der Waals surface area contributed by atoms with Gasteiger partial charge in [0.2, 0.25) is 0 Å². The molecule has 3 heteroatoms. The monoisotopic (exact) mass is 656 g/mol. The van der Waals surface area contributed by atoms with E-state index in [9.17, 15) is 0 Å². The molecule has 0 heterocycles.